The smallest absolute Gasteiger partial charge is 0.330 e. The van der Waals surface area contributed by atoms with Crippen LogP contribution in [0.2, 0.25) is 0 Å². The van der Waals surface area contributed by atoms with Gasteiger partial charge < -0.3 is 10.3 Å². The van der Waals surface area contributed by atoms with Crippen LogP contribution in [-0.2, 0) is 24.4 Å². The Kier molecular flexibility index (Phi) is 6.78. The molecule has 1 aliphatic heterocycles. The zero-order chi connectivity index (χ0) is 23.5. The molecule has 2 aromatic heterocycles. The molecule has 0 unspecified atom stereocenters. The Morgan fingerprint density at radius 2 is 1.82 bits per heavy atom. The van der Waals surface area contributed by atoms with E-state index >= 15 is 0 Å². The zero-order valence-corrected chi connectivity index (χ0v) is 19.3. The number of amides is 1. The third kappa shape index (κ3) is 5.08. The minimum Gasteiger partial charge on any atom is -0.369 e. The summed E-state index contributed by atoms with van der Waals surface area (Å²) < 4.78 is 3.51. The normalized spacial score (nSPS) is 15.5. The molecule has 0 aliphatic carbocycles. The summed E-state index contributed by atoms with van der Waals surface area (Å²) in [6.07, 6.45) is 2.33. The van der Waals surface area contributed by atoms with Crippen LogP contribution in [0.25, 0.3) is 11.2 Å². The van der Waals surface area contributed by atoms with Gasteiger partial charge in [0.1, 0.15) is 5.82 Å². The highest BCUT2D eigenvalue weighted by Crippen LogP contribution is 2.21. The maximum Gasteiger partial charge on any atom is 0.330 e. The van der Waals surface area contributed by atoms with E-state index in [0.29, 0.717) is 36.7 Å². The van der Waals surface area contributed by atoms with Crippen molar-refractivity contribution < 1.29 is 4.79 Å². The number of hydrogen-bond donors (Lipinski definition) is 2. The van der Waals surface area contributed by atoms with Crippen LogP contribution >= 0.6 is 0 Å². The number of nitrogens with zero attached hydrogens (tertiary/aromatic N) is 4. The van der Waals surface area contributed by atoms with Gasteiger partial charge in [-0.25, -0.2) is 9.78 Å². The van der Waals surface area contributed by atoms with E-state index < -0.39 is 11.2 Å². The molecule has 3 aromatic rings. The molecule has 1 aromatic carbocycles. The standard InChI is InChI=1S/C24H32N6O3/c1-16(2)8-13-29-19(15-28-11-9-18(10-12-28)21(25)31)26-22-20(29)23(32)27-24(33)30(22)14-17-6-4-3-5-7-17/h3-7,16,18H,8-15H2,1-2H3,(H2,25,31)(H,27,32,33). The Morgan fingerprint density at radius 3 is 2.45 bits per heavy atom. The molecule has 0 radical (unpaired) electrons. The summed E-state index contributed by atoms with van der Waals surface area (Å²) in [6.45, 7) is 7.30. The number of piperidine rings is 1. The second-order valence-corrected chi connectivity index (χ2v) is 9.32. The van der Waals surface area contributed by atoms with E-state index in [1.807, 2.05) is 34.9 Å². The summed E-state index contributed by atoms with van der Waals surface area (Å²) in [7, 11) is 0. The molecule has 0 spiro atoms. The molecule has 3 heterocycles. The van der Waals surface area contributed by atoms with Crippen LogP contribution in [0.15, 0.2) is 39.9 Å². The first-order valence-corrected chi connectivity index (χ1v) is 11.6. The summed E-state index contributed by atoms with van der Waals surface area (Å²) in [6, 6.07) is 9.66. The molecule has 0 bridgehead atoms. The molecular weight excluding hydrogens is 420 g/mol. The van der Waals surface area contributed by atoms with Crippen LogP contribution in [0, 0.1) is 11.8 Å². The van der Waals surface area contributed by atoms with Gasteiger partial charge >= 0.3 is 5.69 Å². The molecular formula is C24H32N6O3. The van der Waals surface area contributed by atoms with Gasteiger partial charge in [0.2, 0.25) is 5.91 Å². The highest BCUT2D eigenvalue weighted by atomic mass is 16.2. The maximum atomic E-state index is 12.9. The monoisotopic (exact) mass is 452 g/mol. The van der Waals surface area contributed by atoms with E-state index in [-0.39, 0.29) is 11.8 Å². The summed E-state index contributed by atoms with van der Waals surface area (Å²) in [5, 5.41) is 0. The van der Waals surface area contributed by atoms with Crippen LogP contribution in [-0.4, -0.2) is 43.0 Å². The predicted molar refractivity (Wildman–Crippen MR) is 127 cm³/mol. The van der Waals surface area contributed by atoms with Gasteiger partial charge in [-0.3, -0.25) is 24.0 Å². The number of imidazole rings is 1. The number of H-pyrrole nitrogens is 1. The van der Waals surface area contributed by atoms with Crippen molar-refractivity contribution in [1.29, 1.82) is 0 Å². The Balaban J connectivity index is 1.73. The Hall–Kier alpha value is -3.20. The lowest BCUT2D eigenvalue weighted by molar-refractivity contribution is -0.123. The molecule has 1 saturated heterocycles. The van der Waals surface area contributed by atoms with E-state index in [1.165, 1.54) is 0 Å². The molecule has 1 fully saturated rings. The highest BCUT2D eigenvalue weighted by Gasteiger charge is 2.25. The number of nitrogens with two attached hydrogens (primary N) is 1. The van der Waals surface area contributed by atoms with Gasteiger partial charge in [0.15, 0.2) is 11.2 Å². The number of primary amides is 1. The van der Waals surface area contributed by atoms with Crippen molar-refractivity contribution in [2.45, 2.75) is 52.7 Å². The predicted octanol–water partition coefficient (Wildman–Crippen LogP) is 1.68. The van der Waals surface area contributed by atoms with E-state index in [0.717, 1.165) is 43.7 Å². The van der Waals surface area contributed by atoms with E-state index in [2.05, 4.69) is 23.7 Å². The summed E-state index contributed by atoms with van der Waals surface area (Å²) in [5.41, 5.74) is 6.42. The lowest BCUT2D eigenvalue weighted by atomic mass is 9.96. The van der Waals surface area contributed by atoms with Crippen LogP contribution < -0.4 is 17.0 Å². The third-order valence-electron chi connectivity index (χ3n) is 6.43. The first kappa shape index (κ1) is 23.0. The van der Waals surface area contributed by atoms with Crippen molar-refractivity contribution in [3.8, 4) is 0 Å². The number of carbonyl (C=O) groups is 1. The number of aryl methyl sites for hydroxylation is 1. The van der Waals surface area contributed by atoms with Gasteiger partial charge in [-0.15, -0.1) is 0 Å². The van der Waals surface area contributed by atoms with Crippen molar-refractivity contribution in [3.05, 3.63) is 62.6 Å². The van der Waals surface area contributed by atoms with Crippen LogP contribution in [0.3, 0.4) is 0 Å². The van der Waals surface area contributed by atoms with Gasteiger partial charge in [-0.1, -0.05) is 44.2 Å². The number of fused-ring (bicyclic) bond motifs is 1. The molecule has 0 saturated carbocycles. The molecule has 0 atom stereocenters. The lowest BCUT2D eigenvalue weighted by Crippen LogP contribution is -2.38. The molecule has 3 N–H and O–H groups in total. The van der Waals surface area contributed by atoms with Gasteiger partial charge in [-0.2, -0.15) is 0 Å². The minimum atomic E-state index is -0.460. The summed E-state index contributed by atoms with van der Waals surface area (Å²) in [5.74, 6) is 0.896. The number of likely N-dealkylation sites (tertiary alicyclic amines) is 1. The van der Waals surface area contributed by atoms with Crippen molar-refractivity contribution in [2.75, 3.05) is 13.1 Å². The fourth-order valence-electron chi connectivity index (χ4n) is 4.45. The number of rotatable bonds is 8. The first-order chi connectivity index (χ1) is 15.8. The topological polar surface area (TPSA) is 119 Å². The van der Waals surface area contributed by atoms with Crippen molar-refractivity contribution >= 4 is 17.1 Å². The Morgan fingerprint density at radius 1 is 1.12 bits per heavy atom. The maximum absolute atomic E-state index is 12.9. The largest absolute Gasteiger partial charge is 0.369 e. The zero-order valence-electron chi connectivity index (χ0n) is 19.3. The molecule has 1 aliphatic rings. The van der Waals surface area contributed by atoms with Gasteiger partial charge in [0.25, 0.3) is 5.56 Å². The lowest BCUT2D eigenvalue weighted by Gasteiger charge is -2.30. The first-order valence-electron chi connectivity index (χ1n) is 11.6. The molecule has 9 heteroatoms. The minimum absolute atomic E-state index is 0.0834. The summed E-state index contributed by atoms with van der Waals surface area (Å²) >= 11 is 0. The highest BCUT2D eigenvalue weighted by molar-refractivity contribution is 5.76. The molecule has 176 valence electrons. The van der Waals surface area contributed by atoms with E-state index in [9.17, 15) is 14.4 Å². The fraction of sp³-hybridized carbons (Fsp3) is 0.500. The average molecular weight is 453 g/mol. The summed E-state index contributed by atoms with van der Waals surface area (Å²) in [4.78, 5) is 46.7. The number of aromatic nitrogens is 4. The third-order valence-corrected chi connectivity index (χ3v) is 6.43. The Labute approximate surface area is 192 Å². The average Bonchev–Trinajstić information content (AvgIpc) is 3.14. The molecule has 9 nitrogen and oxygen atoms in total. The quantitative estimate of drug-likeness (QED) is 0.539. The number of carbonyl (C=O) groups excluding carboxylic acids is 1. The number of aromatic amines is 1. The van der Waals surface area contributed by atoms with Gasteiger partial charge in [0, 0.05) is 12.5 Å². The van der Waals surface area contributed by atoms with Crippen LogP contribution in [0.4, 0.5) is 0 Å². The van der Waals surface area contributed by atoms with Crippen LogP contribution in [0.1, 0.15) is 44.5 Å². The number of hydrogen-bond acceptors (Lipinski definition) is 5. The van der Waals surface area contributed by atoms with E-state index in [1.54, 1.807) is 4.57 Å². The van der Waals surface area contributed by atoms with Crippen molar-refractivity contribution in [2.24, 2.45) is 17.6 Å². The van der Waals surface area contributed by atoms with Gasteiger partial charge in [0.05, 0.1) is 13.1 Å². The molecule has 33 heavy (non-hydrogen) atoms. The molecule has 1 amide bonds. The van der Waals surface area contributed by atoms with Gasteiger partial charge in [-0.05, 0) is 43.8 Å². The van der Waals surface area contributed by atoms with Crippen LogP contribution in [0.5, 0.6) is 0 Å². The SMILES string of the molecule is CC(C)CCn1c(CN2CCC(C(N)=O)CC2)nc2c1c(=O)[nH]c(=O)n2Cc1ccccc1. The Bertz CT molecular complexity index is 1230. The number of nitrogens with one attached hydrogen (secondary N) is 1. The van der Waals surface area contributed by atoms with Crippen molar-refractivity contribution in [3.63, 3.8) is 0 Å². The molecule has 4 rings (SSSR count). The fourth-order valence-corrected chi connectivity index (χ4v) is 4.45. The second-order valence-electron chi connectivity index (χ2n) is 9.32. The second kappa shape index (κ2) is 9.74. The number of benzene rings is 1. The van der Waals surface area contributed by atoms with Crippen molar-refractivity contribution in [1.82, 2.24) is 24.0 Å². The van der Waals surface area contributed by atoms with E-state index in [4.69, 9.17) is 10.7 Å².